The Morgan fingerprint density at radius 2 is 2.06 bits per heavy atom. The zero-order valence-electron chi connectivity index (χ0n) is 11.6. The van der Waals surface area contributed by atoms with Crippen LogP contribution in [0.5, 0.6) is 0 Å². The van der Waals surface area contributed by atoms with Crippen molar-refractivity contribution in [3.63, 3.8) is 0 Å². The summed E-state index contributed by atoms with van der Waals surface area (Å²) in [5, 5.41) is 0. The molecule has 1 aromatic rings. The summed E-state index contributed by atoms with van der Waals surface area (Å²) in [5.41, 5.74) is 7.18. The fourth-order valence-electron chi connectivity index (χ4n) is 2.62. The molecule has 0 spiro atoms. The maximum absolute atomic E-state index is 6.02. The number of hydrogen-bond acceptors (Lipinski definition) is 4. The van der Waals surface area contributed by atoms with Gasteiger partial charge in [-0.2, -0.15) is 0 Å². The second kappa shape index (κ2) is 5.67. The van der Waals surface area contributed by atoms with Crippen LogP contribution in [0.3, 0.4) is 0 Å². The maximum Gasteiger partial charge on any atom is 0.133 e. The SMILES string of the molecule is C[C@H](N)c1cccnc1N1CCC(N(C)C)CC1. The molecule has 1 fully saturated rings. The molecule has 1 aromatic heterocycles. The molecule has 0 aliphatic carbocycles. The summed E-state index contributed by atoms with van der Waals surface area (Å²) < 4.78 is 0. The number of aromatic nitrogens is 1. The Hall–Kier alpha value is -1.13. The van der Waals surface area contributed by atoms with Crippen LogP contribution in [0.1, 0.15) is 31.4 Å². The van der Waals surface area contributed by atoms with Gasteiger partial charge in [-0.15, -0.1) is 0 Å². The van der Waals surface area contributed by atoms with Gasteiger partial charge in [0, 0.05) is 36.9 Å². The van der Waals surface area contributed by atoms with Crippen LogP contribution in [0.15, 0.2) is 18.3 Å². The Balaban J connectivity index is 2.10. The molecule has 0 unspecified atom stereocenters. The lowest BCUT2D eigenvalue weighted by Gasteiger charge is -2.36. The first-order chi connectivity index (χ1) is 8.59. The predicted octanol–water partition coefficient (Wildman–Crippen LogP) is 1.63. The van der Waals surface area contributed by atoms with Crippen LogP contribution >= 0.6 is 0 Å². The average Bonchev–Trinajstić information content (AvgIpc) is 2.39. The fraction of sp³-hybridized carbons (Fsp3) is 0.643. The van der Waals surface area contributed by atoms with E-state index >= 15 is 0 Å². The highest BCUT2D eigenvalue weighted by Gasteiger charge is 2.23. The van der Waals surface area contributed by atoms with Crippen molar-refractivity contribution in [1.82, 2.24) is 9.88 Å². The smallest absolute Gasteiger partial charge is 0.133 e. The van der Waals surface area contributed by atoms with E-state index in [0.29, 0.717) is 6.04 Å². The molecule has 4 heteroatoms. The van der Waals surface area contributed by atoms with Gasteiger partial charge in [0.25, 0.3) is 0 Å². The highest BCUT2D eigenvalue weighted by atomic mass is 15.2. The van der Waals surface area contributed by atoms with Crippen molar-refractivity contribution >= 4 is 5.82 Å². The molecule has 4 nitrogen and oxygen atoms in total. The van der Waals surface area contributed by atoms with E-state index in [4.69, 9.17) is 5.73 Å². The van der Waals surface area contributed by atoms with Crippen molar-refractivity contribution in [3.8, 4) is 0 Å². The molecule has 1 saturated heterocycles. The van der Waals surface area contributed by atoms with Crippen molar-refractivity contribution in [3.05, 3.63) is 23.9 Å². The van der Waals surface area contributed by atoms with Crippen LogP contribution in [-0.2, 0) is 0 Å². The third-order valence-corrected chi connectivity index (χ3v) is 3.80. The molecular formula is C14H24N4. The minimum atomic E-state index is 0.0419. The first-order valence-electron chi connectivity index (χ1n) is 6.71. The van der Waals surface area contributed by atoms with Gasteiger partial charge >= 0.3 is 0 Å². The summed E-state index contributed by atoms with van der Waals surface area (Å²) in [6.45, 7) is 4.16. The summed E-state index contributed by atoms with van der Waals surface area (Å²) in [4.78, 5) is 9.22. The number of anilines is 1. The third kappa shape index (κ3) is 2.82. The lowest BCUT2D eigenvalue weighted by Crippen LogP contribution is -2.42. The Morgan fingerprint density at radius 1 is 1.39 bits per heavy atom. The predicted molar refractivity (Wildman–Crippen MR) is 75.8 cm³/mol. The first-order valence-corrected chi connectivity index (χ1v) is 6.71. The van der Waals surface area contributed by atoms with E-state index in [1.54, 1.807) is 0 Å². The minimum Gasteiger partial charge on any atom is -0.356 e. The molecule has 18 heavy (non-hydrogen) atoms. The van der Waals surface area contributed by atoms with Crippen LogP contribution in [0.4, 0.5) is 5.82 Å². The van der Waals surface area contributed by atoms with Gasteiger partial charge in [-0.25, -0.2) is 4.98 Å². The third-order valence-electron chi connectivity index (χ3n) is 3.80. The molecule has 0 amide bonds. The Bertz CT molecular complexity index is 381. The van der Waals surface area contributed by atoms with Crippen LogP contribution in [-0.4, -0.2) is 43.1 Å². The largest absolute Gasteiger partial charge is 0.356 e. The van der Waals surface area contributed by atoms with Crippen molar-refractivity contribution in [2.24, 2.45) is 5.73 Å². The normalized spacial score (nSPS) is 19.3. The summed E-state index contributed by atoms with van der Waals surface area (Å²) in [5.74, 6) is 1.07. The number of nitrogens with two attached hydrogens (primary N) is 1. The minimum absolute atomic E-state index is 0.0419. The van der Waals surface area contributed by atoms with Gasteiger partial charge in [0.2, 0.25) is 0 Å². The topological polar surface area (TPSA) is 45.4 Å². The Morgan fingerprint density at radius 3 is 2.61 bits per heavy atom. The van der Waals surface area contributed by atoms with Crippen LogP contribution in [0.2, 0.25) is 0 Å². The van der Waals surface area contributed by atoms with Gasteiger partial charge in [-0.1, -0.05) is 6.07 Å². The highest BCUT2D eigenvalue weighted by Crippen LogP contribution is 2.26. The molecule has 100 valence electrons. The average molecular weight is 248 g/mol. The zero-order valence-corrected chi connectivity index (χ0v) is 11.6. The van der Waals surface area contributed by atoms with Crippen molar-refractivity contribution < 1.29 is 0 Å². The number of hydrogen-bond donors (Lipinski definition) is 1. The number of nitrogens with zero attached hydrogens (tertiary/aromatic N) is 3. The van der Waals surface area contributed by atoms with Crippen LogP contribution < -0.4 is 10.6 Å². The number of rotatable bonds is 3. The van der Waals surface area contributed by atoms with Crippen LogP contribution in [0, 0.1) is 0 Å². The van der Waals surface area contributed by atoms with E-state index in [9.17, 15) is 0 Å². The molecular weight excluding hydrogens is 224 g/mol. The molecule has 0 bridgehead atoms. The van der Waals surface area contributed by atoms with E-state index in [1.807, 2.05) is 19.2 Å². The van der Waals surface area contributed by atoms with Gasteiger partial charge in [0.05, 0.1) is 0 Å². The summed E-state index contributed by atoms with van der Waals surface area (Å²) >= 11 is 0. The molecule has 1 aliphatic rings. The lowest BCUT2D eigenvalue weighted by atomic mass is 10.0. The van der Waals surface area contributed by atoms with Gasteiger partial charge < -0.3 is 15.5 Å². The van der Waals surface area contributed by atoms with Crippen molar-refractivity contribution in [1.29, 1.82) is 0 Å². The monoisotopic (exact) mass is 248 g/mol. The lowest BCUT2D eigenvalue weighted by molar-refractivity contribution is 0.249. The van der Waals surface area contributed by atoms with Gasteiger partial charge in [0.15, 0.2) is 0 Å². The Labute approximate surface area is 110 Å². The first kappa shape index (κ1) is 13.3. The second-order valence-corrected chi connectivity index (χ2v) is 5.39. The van der Waals surface area contributed by atoms with Gasteiger partial charge in [-0.05, 0) is 39.9 Å². The summed E-state index contributed by atoms with van der Waals surface area (Å²) in [7, 11) is 4.32. The quantitative estimate of drug-likeness (QED) is 0.883. The number of pyridine rings is 1. The van der Waals surface area contributed by atoms with E-state index < -0.39 is 0 Å². The summed E-state index contributed by atoms with van der Waals surface area (Å²) in [6.07, 6.45) is 4.25. The van der Waals surface area contributed by atoms with Crippen molar-refractivity contribution in [2.75, 3.05) is 32.1 Å². The Kier molecular flexibility index (Phi) is 4.19. The zero-order chi connectivity index (χ0) is 13.1. The van der Waals surface area contributed by atoms with E-state index in [2.05, 4.69) is 34.9 Å². The second-order valence-electron chi connectivity index (χ2n) is 5.39. The maximum atomic E-state index is 6.02. The van der Waals surface area contributed by atoms with Gasteiger partial charge in [-0.3, -0.25) is 0 Å². The number of piperidine rings is 1. The molecule has 1 atom stereocenters. The molecule has 2 rings (SSSR count). The van der Waals surface area contributed by atoms with E-state index in [-0.39, 0.29) is 6.04 Å². The highest BCUT2D eigenvalue weighted by molar-refractivity contribution is 5.48. The molecule has 1 aliphatic heterocycles. The van der Waals surface area contributed by atoms with Gasteiger partial charge in [0.1, 0.15) is 5.82 Å². The fourth-order valence-corrected chi connectivity index (χ4v) is 2.62. The molecule has 2 heterocycles. The molecule has 0 radical (unpaired) electrons. The molecule has 2 N–H and O–H groups in total. The van der Waals surface area contributed by atoms with E-state index in [0.717, 1.165) is 24.5 Å². The molecule has 0 saturated carbocycles. The summed E-state index contributed by atoms with van der Waals surface area (Å²) in [6, 6.07) is 4.80. The molecule has 0 aromatic carbocycles. The van der Waals surface area contributed by atoms with Crippen molar-refractivity contribution in [2.45, 2.75) is 31.8 Å². The van der Waals surface area contributed by atoms with E-state index in [1.165, 1.54) is 12.8 Å². The van der Waals surface area contributed by atoms with Crippen LogP contribution in [0.25, 0.3) is 0 Å². The standard InChI is InChI=1S/C14H24N4/c1-11(15)13-5-4-8-16-14(13)18-9-6-12(7-10-18)17(2)3/h4-5,8,11-12H,6-7,9-10,15H2,1-3H3/t11-/m0/s1.